The summed E-state index contributed by atoms with van der Waals surface area (Å²) in [5, 5.41) is 12.4. The lowest BCUT2D eigenvalue weighted by Gasteiger charge is -2.21. The van der Waals surface area contributed by atoms with Crippen molar-refractivity contribution in [2.24, 2.45) is 17.6 Å². The van der Waals surface area contributed by atoms with Gasteiger partial charge in [-0.2, -0.15) is 0 Å². The van der Waals surface area contributed by atoms with E-state index in [1.54, 1.807) is 27.7 Å². The van der Waals surface area contributed by atoms with Crippen molar-refractivity contribution in [3.8, 4) is 22.3 Å². The fourth-order valence-electron chi connectivity index (χ4n) is 6.51. The number of ether oxygens (including phenoxy) is 2. The third-order valence-corrected chi connectivity index (χ3v) is 10.1. The Kier molecular flexibility index (Phi) is 19.1. The molecule has 5 aromatic rings. The first-order valence-electron chi connectivity index (χ1n) is 20.1. The molecule has 4 atom stereocenters. The predicted octanol–water partition coefficient (Wildman–Crippen LogP) is 6.77. The molecule has 2 amide bonds. The maximum Gasteiger partial charge on any atom is 0.434 e. The molecule has 0 saturated carbocycles. The van der Waals surface area contributed by atoms with Crippen molar-refractivity contribution in [1.29, 1.82) is 0 Å². The number of Topliss-reactive ketones (excluding diaryl/α,β-unsaturated/α-hetero) is 1. The number of carbonyl (C=O) groups excluding carboxylic acids is 5. The molecule has 0 aliphatic heterocycles. The van der Waals surface area contributed by atoms with Crippen LogP contribution in [0, 0.1) is 11.8 Å². The van der Waals surface area contributed by atoms with Crippen LogP contribution in [0.25, 0.3) is 22.3 Å². The van der Waals surface area contributed by atoms with E-state index >= 15 is 0 Å². The largest absolute Gasteiger partial charge is 0.466 e. The minimum absolute atomic E-state index is 0.281. The monoisotopic (exact) mass is 887 g/mol. The second kappa shape index (κ2) is 24.4. The van der Waals surface area contributed by atoms with Crippen LogP contribution in [0.5, 0.6) is 0 Å². The molecule has 5 N–H and O–H groups in total. The van der Waals surface area contributed by atoms with Crippen molar-refractivity contribution in [3.63, 3.8) is 0 Å². The number of amides is 2. The Bertz CT molecular complexity index is 2330. The zero-order valence-electron chi connectivity index (χ0n) is 35.0. The van der Waals surface area contributed by atoms with E-state index in [2.05, 4.69) is 20.8 Å². The number of rotatable bonds is 19. The average molecular weight is 889 g/mol. The zero-order valence-corrected chi connectivity index (χ0v) is 36.5. The number of nitrogens with two attached hydrogens (primary N) is 1. The zero-order chi connectivity index (χ0) is 45.2. The Labute approximate surface area is 369 Å². The molecule has 0 bridgehead atoms. The van der Waals surface area contributed by atoms with Gasteiger partial charge in [-0.3, -0.25) is 24.0 Å². The van der Waals surface area contributed by atoms with Gasteiger partial charge in [-0.1, -0.05) is 110 Å². The fourth-order valence-corrected chi connectivity index (χ4v) is 6.89. The van der Waals surface area contributed by atoms with Crippen LogP contribution in [0.15, 0.2) is 106 Å². The highest BCUT2D eigenvalue weighted by molar-refractivity contribution is 6.37. The summed E-state index contributed by atoms with van der Waals surface area (Å²) in [5.41, 5.74) is 11.2. The molecular formula is C46H51Cl2N5O9. The maximum atomic E-state index is 12.5. The predicted molar refractivity (Wildman–Crippen MR) is 236 cm³/mol. The SMILES string of the molecule is CCOC(=O)C(C)C[C@@H](Cc1ccc(-c2cccc(Cl)c2)cc1)NC(=O)C(=O)CN.CCOC(=O)[C@H](C)C[C@@H](Cc1ccc(-c2cccc(Cl)c2)cc1)NC(=O)c1n[nH]c(=O)o1. The van der Waals surface area contributed by atoms with E-state index in [0.29, 0.717) is 35.7 Å². The van der Waals surface area contributed by atoms with Crippen LogP contribution in [0.1, 0.15) is 62.3 Å². The Balaban J connectivity index is 0.000000273. The third kappa shape index (κ3) is 15.4. The summed E-state index contributed by atoms with van der Waals surface area (Å²) in [4.78, 5) is 71.4. The topological polar surface area (TPSA) is 213 Å². The summed E-state index contributed by atoms with van der Waals surface area (Å²) >= 11 is 12.1. The first-order chi connectivity index (χ1) is 29.7. The van der Waals surface area contributed by atoms with E-state index in [1.807, 2.05) is 97.1 Å². The van der Waals surface area contributed by atoms with Gasteiger partial charge in [0.25, 0.3) is 5.91 Å². The number of carbonyl (C=O) groups is 5. The van der Waals surface area contributed by atoms with Gasteiger partial charge in [0.15, 0.2) is 0 Å². The van der Waals surface area contributed by atoms with Crippen molar-refractivity contribution >= 4 is 52.7 Å². The lowest BCUT2D eigenvalue weighted by Crippen LogP contribution is -2.44. The van der Waals surface area contributed by atoms with E-state index in [9.17, 15) is 28.8 Å². The molecule has 328 valence electrons. The van der Waals surface area contributed by atoms with Crippen molar-refractivity contribution in [1.82, 2.24) is 20.8 Å². The maximum absolute atomic E-state index is 12.5. The van der Waals surface area contributed by atoms with Crippen LogP contribution in [-0.4, -0.2) is 71.6 Å². The van der Waals surface area contributed by atoms with Crippen LogP contribution in [0.3, 0.4) is 0 Å². The molecule has 1 unspecified atom stereocenters. The first kappa shape index (κ1) is 48.6. The van der Waals surface area contributed by atoms with Crippen LogP contribution in [0.2, 0.25) is 10.0 Å². The standard InChI is InChI=1S/C23H24ClN3O5.C23H27ClN2O4/c1-3-31-22(29)14(2)11-19(25-20(28)21-26-27-23(30)32-21)12-15-7-9-16(10-8-15)17-5-4-6-18(24)13-17;1-3-30-23(29)15(2)11-20(26-22(28)21(27)14-25)12-16-7-9-17(10-8-16)18-5-4-6-19(24)13-18/h4-10,13-14,19H,3,11-12H2,1-2H3,(H,25,28)(H,27,30);4-10,13,15,20H,3,11-12,14,25H2,1-2H3,(H,26,28)/t14-,19+;15?,20-/m10/s1. The van der Waals surface area contributed by atoms with Gasteiger partial charge in [-0.05, 0) is 97.2 Å². The molecule has 16 heteroatoms. The number of ketones is 1. The molecule has 0 fully saturated rings. The van der Waals surface area contributed by atoms with Crippen molar-refractivity contribution < 1.29 is 37.9 Å². The Morgan fingerprint density at radius 3 is 1.53 bits per heavy atom. The number of nitrogens with one attached hydrogen (secondary N) is 3. The Morgan fingerprint density at radius 1 is 0.694 bits per heavy atom. The van der Waals surface area contributed by atoms with Gasteiger partial charge in [-0.15, -0.1) is 5.10 Å². The van der Waals surface area contributed by atoms with Crippen molar-refractivity contribution in [3.05, 3.63) is 135 Å². The summed E-state index contributed by atoms with van der Waals surface area (Å²) in [6.45, 7) is 7.18. The van der Waals surface area contributed by atoms with E-state index in [-0.39, 0.29) is 37.6 Å². The molecule has 14 nitrogen and oxygen atoms in total. The van der Waals surface area contributed by atoms with Gasteiger partial charge in [-0.25, -0.2) is 9.89 Å². The summed E-state index contributed by atoms with van der Waals surface area (Å²) in [6, 6.07) is 30.0. The van der Waals surface area contributed by atoms with Gasteiger partial charge in [0.2, 0.25) is 5.78 Å². The van der Waals surface area contributed by atoms with Crippen LogP contribution >= 0.6 is 23.2 Å². The lowest BCUT2D eigenvalue weighted by atomic mass is 9.94. The van der Waals surface area contributed by atoms with Gasteiger partial charge in [0.1, 0.15) is 0 Å². The number of hydrogen-bond acceptors (Lipinski definition) is 11. The Morgan fingerprint density at radius 2 is 1.15 bits per heavy atom. The molecule has 0 saturated heterocycles. The van der Waals surface area contributed by atoms with E-state index in [0.717, 1.165) is 33.4 Å². The number of nitrogens with zero attached hydrogens (tertiary/aromatic N) is 1. The minimum Gasteiger partial charge on any atom is -0.466 e. The average Bonchev–Trinajstić information content (AvgIpc) is 3.70. The highest BCUT2D eigenvalue weighted by Crippen LogP contribution is 2.25. The second-order valence-corrected chi connectivity index (χ2v) is 15.4. The summed E-state index contributed by atoms with van der Waals surface area (Å²) in [6.07, 6.45) is 1.61. The highest BCUT2D eigenvalue weighted by Gasteiger charge is 2.25. The van der Waals surface area contributed by atoms with E-state index < -0.39 is 47.3 Å². The molecular weight excluding hydrogens is 837 g/mol. The molecule has 1 heterocycles. The van der Waals surface area contributed by atoms with E-state index in [1.165, 1.54) is 0 Å². The minimum atomic E-state index is -0.816. The number of H-pyrrole nitrogens is 1. The normalized spacial score (nSPS) is 12.7. The van der Waals surface area contributed by atoms with Crippen LogP contribution < -0.4 is 22.1 Å². The van der Waals surface area contributed by atoms with Gasteiger partial charge >= 0.3 is 29.5 Å². The van der Waals surface area contributed by atoms with Gasteiger partial charge in [0.05, 0.1) is 31.6 Å². The molecule has 1 aromatic heterocycles. The molecule has 62 heavy (non-hydrogen) atoms. The number of aromatic nitrogens is 2. The number of benzene rings is 4. The van der Waals surface area contributed by atoms with Gasteiger partial charge in [0, 0.05) is 22.1 Å². The fraction of sp³-hybridized carbons (Fsp3) is 0.326. The number of hydrogen-bond donors (Lipinski definition) is 4. The molecule has 0 radical (unpaired) electrons. The third-order valence-electron chi connectivity index (χ3n) is 9.58. The van der Waals surface area contributed by atoms with Crippen LogP contribution in [0.4, 0.5) is 0 Å². The molecule has 0 aliphatic rings. The smallest absolute Gasteiger partial charge is 0.434 e. The molecule has 5 rings (SSSR count). The molecule has 0 aliphatic carbocycles. The first-order valence-corrected chi connectivity index (χ1v) is 20.9. The quantitative estimate of drug-likeness (QED) is 0.0502. The number of halogens is 2. The molecule has 4 aromatic carbocycles. The lowest BCUT2D eigenvalue weighted by molar-refractivity contribution is -0.148. The second-order valence-electron chi connectivity index (χ2n) is 14.5. The van der Waals surface area contributed by atoms with E-state index in [4.69, 9.17) is 42.8 Å². The summed E-state index contributed by atoms with van der Waals surface area (Å²) < 4.78 is 14.9. The summed E-state index contributed by atoms with van der Waals surface area (Å²) in [7, 11) is 0. The van der Waals surface area contributed by atoms with Crippen molar-refractivity contribution in [2.75, 3.05) is 19.8 Å². The highest BCUT2D eigenvalue weighted by atomic mass is 35.5. The summed E-state index contributed by atoms with van der Waals surface area (Å²) in [5.74, 6) is -4.78. The van der Waals surface area contributed by atoms with Crippen LogP contribution in [-0.2, 0) is 41.5 Å². The Hall–Kier alpha value is -6.09. The van der Waals surface area contributed by atoms with Crippen molar-refractivity contribution in [2.45, 2.75) is 65.5 Å². The number of aromatic amines is 1. The van der Waals surface area contributed by atoms with Gasteiger partial charge < -0.3 is 30.3 Å². The molecule has 0 spiro atoms. The number of esters is 2.